The highest BCUT2D eigenvalue weighted by molar-refractivity contribution is 6.31. The van der Waals surface area contributed by atoms with Gasteiger partial charge in [-0.3, -0.25) is 0 Å². The van der Waals surface area contributed by atoms with Crippen molar-refractivity contribution in [2.24, 2.45) is 0 Å². The van der Waals surface area contributed by atoms with Crippen molar-refractivity contribution in [2.45, 2.75) is 31.5 Å². The van der Waals surface area contributed by atoms with E-state index in [0.717, 1.165) is 24.2 Å². The lowest BCUT2D eigenvalue weighted by Crippen LogP contribution is -2.04. The van der Waals surface area contributed by atoms with Crippen LogP contribution < -0.4 is 4.74 Å². The summed E-state index contributed by atoms with van der Waals surface area (Å²) in [5.74, 6) is 0.410. The second-order valence-electron chi connectivity index (χ2n) is 5.31. The fourth-order valence-electron chi connectivity index (χ4n) is 2.19. The number of hydrogen-bond acceptors (Lipinski definition) is 2. The predicted molar refractivity (Wildman–Crippen MR) is 80.2 cm³/mol. The van der Waals surface area contributed by atoms with E-state index < -0.39 is 11.9 Å². The summed E-state index contributed by atoms with van der Waals surface area (Å²) < 4.78 is 19.4. The maximum absolute atomic E-state index is 13.7. The zero-order chi connectivity index (χ0) is 14.8. The first-order chi connectivity index (χ1) is 10.1. The van der Waals surface area contributed by atoms with Crippen LogP contribution in [-0.4, -0.2) is 11.2 Å². The van der Waals surface area contributed by atoms with Gasteiger partial charge in [-0.15, -0.1) is 0 Å². The van der Waals surface area contributed by atoms with Crippen LogP contribution in [0.1, 0.15) is 30.1 Å². The van der Waals surface area contributed by atoms with E-state index in [9.17, 15) is 9.50 Å². The summed E-state index contributed by atoms with van der Waals surface area (Å²) in [6.45, 7) is 0. The summed E-state index contributed by atoms with van der Waals surface area (Å²) in [6.07, 6.45) is 1.91. The normalized spacial score (nSPS) is 15.8. The van der Waals surface area contributed by atoms with Crippen molar-refractivity contribution >= 4 is 11.6 Å². The Labute approximate surface area is 128 Å². The van der Waals surface area contributed by atoms with Crippen LogP contribution in [0.15, 0.2) is 42.5 Å². The molecule has 4 heteroatoms. The molecule has 0 aliphatic heterocycles. The van der Waals surface area contributed by atoms with E-state index in [-0.39, 0.29) is 6.42 Å². The maximum Gasteiger partial charge on any atom is 0.127 e. The van der Waals surface area contributed by atoms with Crippen LogP contribution in [-0.2, 0) is 6.42 Å². The van der Waals surface area contributed by atoms with Gasteiger partial charge in [-0.05, 0) is 42.7 Å². The quantitative estimate of drug-likeness (QED) is 0.892. The molecule has 21 heavy (non-hydrogen) atoms. The zero-order valence-corrected chi connectivity index (χ0v) is 12.2. The molecule has 1 aliphatic rings. The minimum atomic E-state index is -0.797. The van der Waals surface area contributed by atoms with E-state index in [1.54, 1.807) is 24.3 Å². The van der Waals surface area contributed by atoms with Gasteiger partial charge in [0, 0.05) is 17.0 Å². The molecule has 0 bridgehead atoms. The Kier molecular flexibility index (Phi) is 4.13. The third kappa shape index (κ3) is 3.55. The number of hydrogen-bond donors (Lipinski definition) is 1. The standard InChI is InChI=1S/C17H16ClFO2/c18-15-2-1-3-16(19)14(15)10-17(20)11-4-6-12(7-5-11)21-13-8-9-13/h1-7,13,17,20H,8-10H2. The van der Waals surface area contributed by atoms with Gasteiger partial charge < -0.3 is 9.84 Å². The van der Waals surface area contributed by atoms with E-state index in [4.69, 9.17) is 16.3 Å². The van der Waals surface area contributed by atoms with Gasteiger partial charge in [0.2, 0.25) is 0 Å². The van der Waals surface area contributed by atoms with Gasteiger partial charge in [0.05, 0.1) is 12.2 Å². The Bertz CT molecular complexity index is 603. The number of aliphatic hydroxyl groups excluding tert-OH is 1. The average Bonchev–Trinajstić information content (AvgIpc) is 3.28. The Morgan fingerprint density at radius 3 is 2.52 bits per heavy atom. The molecule has 0 heterocycles. The molecule has 2 aromatic carbocycles. The lowest BCUT2D eigenvalue weighted by Gasteiger charge is -2.13. The average molecular weight is 307 g/mol. The highest BCUT2D eigenvalue weighted by Gasteiger charge is 2.23. The fourth-order valence-corrected chi connectivity index (χ4v) is 2.43. The lowest BCUT2D eigenvalue weighted by atomic mass is 10.0. The van der Waals surface area contributed by atoms with Gasteiger partial charge >= 0.3 is 0 Å². The molecular formula is C17H16ClFO2. The van der Waals surface area contributed by atoms with E-state index in [0.29, 0.717) is 16.7 Å². The van der Waals surface area contributed by atoms with Crippen LogP contribution in [0, 0.1) is 5.82 Å². The minimum absolute atomic E-state index is 0.147. The molecule has 1 aliphatic carbocycles. The van der Waals surface area contributed by atoms with Crippen LogP contribution in [0.25, 0.3) is 0 Å². The lowest BCUT2D eigenvalue weighted by molar-refractivity contribution is 0.177. The SMILES string of the molecule is OC(Cc1c(F)cccc1Cl)c1ccc(OC2CC2)cc1. The van der Waals surface area contributed by atoms with Gasteiger partial charge in [0.15, 0.2) is 0 Å². The molecule has 0 spiro atoms. The monoisotopic (exact) mass is 306 g/mol. The molecule has 3 rings (SSSR count). The number of benzene rings is 2. The van der Waals surface area contributed by atoms with E-state index in [1.807, 2.05) is 12.1 Å². The second kappa shape index (κ2) is 6.04. The molecular weight excluding hydrogens is 291 g/mol. The number of halogens is 2. The molecule has 110 valence electrons. The van der Waals surface area contributed by atoms with Gasteiger partial charge in [0.1, 0.15) is 11.6 Å². The van der Waals surface area contributed by atoms with Crippen LogP contribution in [0.3, 0.4) is 0 Å². The number of aliphatic hydroxyl groups is 1. The Balaban J connectivity index is 1.70. The van der Waals surface area contributed by atoms with Crippen LogP contribution >= 0.6 is 11.6 Å². The van der Waals surface area contributed by atoms with Crippen molar-refractivity contribution in [3.05, 3.63) is 64.4 Å². The Morgan fingerprint density at radius 1 is 1.19 bits per heavy atom. The summed E-state index contributed by atoms with van der Waals surface area (Å²) in [4.78, 5) is 0. The first kappa shape index (κ1) is 14.4. The predicted octanol–water partition coefficient (Wildman–Crippen LogP) is 4.30. The molecule has 0 saturated heterocycles. The first-order valence-electron chi connectivity index (χ1n) is 7.01. The maximum atomic E-state index is 13.7. The highest BCUT2D eigenvalue weighted by Crippen LogP contribution is 2.29. The smallest absolute Gasteiger partial charge is 0.127 e. The molecule has 1 atom stereocenters. The molecule has 2 aromatic rings. The van der Waals surface area contributed by atoms with Crippen LogP contribution in [0.4, 0.5) is 4.39 Å². The molecule has 1 fully saturated rings. The van der Waals surface area contributed by atoms with Crippen molar-refractivity contribution in [3.8, 4) is 5.75 Å². The summed E-state index contributed by atoms with van der Waals surface area (Å²) in [5.41, 5.74) is 1.06. The summed E-state index contributed by atoms with van der Waals surface area (Å²) in [7, 11) is 0. The first-order valence-corrected chi connectivity index (χ1v) is 7.39. The summed E-state index contributed by atoms with van der Waals surface area (Å²) >= 11 is 5.98. The van der Waals surface area contributed by atoms with Gasteiger partial charge in [-0.2, -0.15) is 0 Å². The summed E-state index contributed by atoms with van der Waals surface area (Å²) in [6, 6.07) is 11.8. The molecule has 1 unspecified atom stereocenters. The van der Waals surface area contributed by atoms with Crippen molar-refractivity contribution in [2.75, 3.05) is 0 Å². The molecule has 0 amide bonds. The Morgan fingerprint density at radius 2 is 1.90 bits per heavy atom. The van der Waals surface area contributed by atoms with E-state index in [2.05, 4.69) is 0 Å². The van der Waals surface area contributed by atoms with Gasteiger partial charge in [-0.25, -0.2) is 4.39 Å². The largest absolute Gasteiger partial charge is 0.490 e. The fraction of sp³-hybridized carbons (Fsp3) is 0.294. The number of rotatable bonds is 5. The molecule has 1 N–H and O–H groups in total. The third-order valence-electron chi connectivity index (χ3n) is 3.55. The van der Waals surface area contributed by atoms with Crippen LogP contribution in [0.5, 0.6) is 5.75 Å². The third-order valence-corrected chi connectivity index (χ3v) is 3.91. The highest BCUT2D eigenvalue weighted by atomic mass is 35.5. The zero-order valence-electron chi connectivity index (χ0n) is 11.4. The van der Waals surface area contributed by atoms with Crippen molar-refractivity contribution in [3.63, 3.8) is 0 Å². The van der Waals surface area contributed by atoms with Gasteiger partial charge in [0.25, 0.3) is 0 Å². The van der Waals surface area contributed by atoms with Crippen LogP contribution in [0.2, 0.25) is 5.02 Å². The Hall–Kier alpha value is -1.58. The molecule has 2 nitrogen and oxygen atoms in total. The summed E-state index contributed by atoms with van der Waals surface area (Å²) in [5, 5.41) is 10.6. The van der Waals surface area contributed by atoms with E-state index in [1.165, 1.54) is 6.07 Å². The topological polar surface area (TPSA) is 29.5 Å². The van der Waals surface area contributed by atoms with Crippen molar-refractivity contribution < 1.29 is 14.2 Å². The van der Waals surface area contributed by atoms with E-state index >= 15 is 0 Å². The molecule has 1 saturated carbocycles. The van der Waals surface area contributed by atoms with Gasteiger partial charge in [-0.1, -0.05) is 29.8 Å². The van der Waals surface area contributed by atoms with Crippen molar-refractivity contribution in [1.29, 1.82) is 0 Å². The minimum Gasteiger partial charge on any atom is -0.490 e. The number of ether oxygens (including phenoxy) is 1. The second-order valence-corrected chi connectivity index (χ2v) is 5.71. The molecule has 0 radical (unpaired) electrons. The van der Waals surface area contributed by atoms with Crippen molar-refractivity contribution in [1.82, 2.24) is 0 Å². The molecule has 0 aromatic heterocycles.